The molecule has 1 aliphatic heterocycles. The lowest BCUT2D eigenvalue weighted by Crippen LogP contribution is -2.44. The van der Waals surface area contributed by atoms with E-state index in [1.54, 1.807) is 4.31 Å². The van der Waals surface area contributed by atoms with E-state index in [-0.39, 0.29) is 23.6 Å². The van der Waals surface area contributed by atoms with Crippen molar-refractivity contribution in [1.29, 1.82) is 0 Å². The summed E-state index contributed by atoms with van der Waals surface area (Å²) in [7, 11) is -3.37. The third-order valence-corrected chi connectivity index (χ3v) is 8.33. The van der Waals surface area contributed by atoms with Gasteiger partial charge < -0.3 is 5.32 Å². The van der Waals surface area contributed by atoms with Crippen molar-refractivity contribution in [2.45, 2.75) is 50.8 Å². The quantitative estimate of drug-likeness (QED) is 0.792. The first-order valence-corrected chi connectivity index (χ1v) is 12.5. The number of rotatable bonds is 5. The third kappa shape index (κ3) is 4.60. The molecule has 0 saturated carbocycles. The van der Waals surface area contributed by atoms with Crippen LogP contribution in [0.4, 0.5) is 0 Å². The van der Waals surface area contributed by atoms with Gasteiger partial charge in [0.25, 0.3) is 0 Å². The zero-order valence-electron chi connectivity index (χ0n) is 17.5. The number of sulfonamides is 1. The molecule has 1 aliphatic carbocycles. The SMILES string of the molecule is Cc1ccccc1CS(=O)(=O)N1CCC(C(=O)NC2CCCc3ccccc32)CC1. The first kappa shape index (κ1) is 21.1. The van der Waals surface area contributed by atoms with Gasteiger partial charge in [0.1, 0.15) is 0 Å². The van der Waals surface area contributed by atoms with Crippen LogP contribution in [-0.2, 0) is 27.0 Å². The Bertz CT molecular complexity index is 1010. The van der Waals surface area contributed by atoms with Crippen molar-refractivity contribution in [2.24, 2.45) is 5.92 Å². The fourth-order valence-corrected chi connectivity index (χ4v) is 6.32. The Morgan fingerprint density at radius 1 is 1.03 bits per heavy atom. The van der Waals surface area contributed by atoms with E-state index in [2.05, 4.69) is 23.5 Å². The molecule has 0 spiro atoms. The Morgan fingerprint density at radius 3 is 2.50 bits per heavy atom. The van der Waals surface area contributed by atoms with Crippen LogP contribution in [0, 0.1) is 12.8 Å². The third-order valence-electron chi connectivity index (χ3n) is 6.50. The molecule has 4 rings (SSSR count). The Morgan fingerprint density at radius 2 is 1.73 bits per heavy atom. The Kier molecular flexibility index (Phi) is 6.25. The summed E-state index contributed by atoms with van der Waals surface area (Å²) in [5.74, 6) is -0.0354. The van der Waals surface area contributed by atoms with Crippen LogP contribution >= 0.6 is 0 Å². The van der Waals surface area contributed by atoms with Gasteiger partial charge >= 0.3 is 0 Å². The fraction of sp³-hybridized carbons (Fsp3) is 0.458. The maximum atomic E-state index is 12.9. The van der Waals surface area contributed by atoms with E-state index in [0.717, 1.165) is 30.4 Å². The number of aryl methyl sites for hydroxylation is 2. The van der Waals surface area contributed by atoms with Crippen LogP contribution in [0.3, 0.4) is 0 Å². The molecule has 1 heterocycles. The Labute approximate surface area is 179 Å². The van der Waals surface area contributed by atoms with Crippen LogP contribution in [0.5, 0.6) is 0 Å². The molecule has 1 amide bonds. The Balaban J connectivity index is 1.34. The largest absolute Gasteiger partial charge is 0.349 e. The van der Waals surface area contributed by atoms with Crippen LogP contribution in [0.25, 0.3) is 0 Å². The Hall–Kier alpha value is -2.18. The second-order valence-electron chi connectivity index (χ2n) is 8.51. The molecule has 1 unspecified atom stereocenters. The van der Waals surface area contributed by atoms with E-state index < -0.39 is 10.0 Å². The molecule has 0 radical (unpaired) electrons. The van der Waals surface area contributed by atoms with Gasteiger partial charge in [-0.05, 0) is 61.3 Å². The number of nitrogens with one attached hydrogen (secondary N) is 1. The van der Waals surface area contributed by atoms with E-state index in [9.17, 15) is 13.2 Å². The highest BCUT2D eigenvalue weighted by molar-refractivity contribution is 7.88. The van der Waals surface area contributed by atoms with Gasteiger partial charge in [0, 0.05) is 19.0 Å². The van der Waals surface area contributed by atoms with Gasteiger partial charge in [-0.3, -0.25) is 4.79 Å². The predicted molar refractivity (Wildman–Crippen MR) is 118 cm³/mol. The molecule has 30 heavy (non-hydrogen) atoms. The predicted octanol–water partition coefficient (Wildman–Crippen LogP) is 3.73. The molecule has 5 nitrogen and oxygen atoms in total. The van der Waals surface area contributed by atoms with E-state index >= 15 is 0 Å². The highest BCUT2D eigenvalue weighted by atomic mass is 32.2. The number of piperidine rings is 1. The fourth-order valence-electron chi connectivity index (χ4n) is 4.65. The van der Waals surface area contributed by atoms with Crippen molar-refractivity contribution < 1.29 is 13.2 Å². The average Bonchev–Trinajstić information content (AvgIpc) is 2.75. The van der Waals surface area contributed by atoms with Gasteiger partial charge in [-0.25, -0.2) is 12.7 Å². The highest BCUT2D eigenvalue weighted by Crippen LogP contribution is 2.30. The van der Waals surface area contributed by atoms with Crippen molar-refractivity contribution in [3.63, 3.8) is 0 Å². The van der Waals surface area contributed by atoms with Gasteiger partial charge in [-0.1, -0.05) is 48.5 Å². The van der Waals surface area contributed by atoms with Crippen LogP contribution < -0.4 is 5.32 Å². The van der Waals surface area contributed by atoms with Gasteiger partial charge in [-0.2, -0.15) is 0 Å². The molecule has 2 aliphatic rings. The zero-order valence-corrected chi connectivity index (χ0v) is 18.3. The van der Waals surface area contributed by atoms with Crippen LogP contribution in [0.2, 0.25) is 0 Å². The van der Waals surface area contributed by atoms with Crippen molar-refractivity contribution in [3.05, 3.63) is 70.8 Å². The first-order valence-electron chi connectivity index (χ1n) is 10.8. The van der Waals surface area contributed by atoms with E-state index in [1.165, 1.54) is 11.1 Å². The molecule has 2 aromatic carbocycles. The number of amides is 1. The second kappa shape index (κ2) is 8.90. The monoisotopic (exact) mass is 426 g/mol. The smallest absolute Gasteiger partial charge is 0.223 e. The first-order chi connectivity index (χ1) is 14.4. The van der Waals surface area contributed by atoms with Crippen LogP contribution in [0.15, 0.2) is 48.5 Å². The number of hydrogen-bond acceptors (Lipinski definition) is 3. The van der Waals surface area contributed by atoms with Crippen LogP contribution in [0.1, 0.15) is 54.0 Å². The van der Waals surface area contributed by atoms with Crippen molar-refractivity contribution in [3.8, 4) is 0 Å². The van der Waals surface area contributed by atoms with Crippen LogP contribution in [-0.4, -0.2) is 31.7 Å². The number of nitrogens with zero attached hydrogens (tertiary/aromatic N) is 1. The summed E-state index contributed by atoms with van der Waals surface area (Å²) in [6.45, 7) is 2.76. The summed E-state index contributed by atoms with van der Waals surface area (Å²) in [5, 5.41) is 3.24. The summed E-state index contributed by atoms with van der Waals surface area (Å²) >= 11 is 0. The molecule has 0 bridgehead atoms. The molecule has 0 aromatic heterocycles. The maximum Gasteiger partial charge on any atom is 0.223 e. The molecule has 1 fully saturated rings. The molecule has 1 atom stereocenters. The summed E-state index contributed by atoms with van der Waals surface area (Å²) in [6, 6.07) is 16.0. The summed E-state index contributed by atoms with van der Waals surface area (Å²) in [4.78, 5) is 12.9. The lowest BCUT2D eigenvalue weighted by atomic mass is 9.87. The molecular weight excluding hydrogens is 396 g/mol. The number of carbonyl (C=O) groups is 1. The summed E-state index contributed by atoms with van der Waals surface area (Å²) in [6.07, 6.45) is 4.27. The van der Waals surface area contributed by atoms with Crippen molar-refractivity contribution in [1.82, 2.24) is 9.62 Å². The minimum absolute atomic E-state index is 0.0232. The normalized spacial score (nSPS) is 20.5. The number of carbonyl (C=O) groups excluding carboxylic acids is 1. The topological polar surface area (TPSA) is 66.5 Å². The number of hydrogen-bond donors (Lipinski definition) is 1. The van der Waals surface area contributed by atoms with Gasteiger partial charge in [-0.15, -0.1) is 0 Å². The number of benzene rings is 2. The van der Waals surface area contributed by atoms with Crippen molar-refractivity contribution >= 4 is 15.9 Å². The molecule has 6 heteroatoms. The molecule has 1 N–H and O–H groups in total. The zero-order chi connectivity index (χ0) is 21.1. The maximum absolute atomic E-state index is 12.9. The number of fused-ring (bicyclic) bond motifs is 1. The highest BCUT2D eigenvalue weighted by Gasteiger charge is 2.32. The molecule has 1 saturated heterocycles. The van der Waals surface area contributed by atoms with E-state index in [0.29, 0.717) is 25.9 Å². The van der Waals surface area contributed by atoms with Gasteiger partial charge in [0.05, 0.1) is 11.8 Å². The molecule has 160 valence electrons. The minimum atomic E-state index is -3.37. The van der Waals surface area contributed by atoms with Crippen molar-refractivity contribution in [2.75, 3.05) is 13.1 Å². The molecular formula is C24H30N2O3S. The van der Waals surface area contributed by atoms with E-state index in [4.69, 9.17) is 0 Å². The summed E-state index contributed by atoms with van der Waals surface area (Å²) < 4.78 is 27.3. The second-order valence-corrected chi connectivity index (χ2v) is 10.5. The lowest BCUT2D eigenvalue weighted by molar-refractivity contribution is -0.127. The lowest BCUT2D eigenvalue weighted by Gasteiger charge is -2.33. The van der Waals surface area contributed by atoms with Gasteiger partial charge in [0.15, 0.2) is 0 Å². The average molecular weight is 427 g/mol. The minimum Gasteiger partial charge on any atom is -0.349 e. The summed E-state index contributed by atoms with van der Waals surface area (Å²) in [5.41, 5.74) is 4.39. The molecule has 2 aromatic rings. The van der Waals surface area contributed by atoms with E-state index in [1.807, 2.05) is 37.3 Å². The standard InChI is InChI=1S/C24H30N2O3S/c1-18-7-2-3-9-21(18)17-30(28,29)26-15-13-20(14-16-26)24(27)25-23-12-6-10-19-8-4-5-11-22(19)23/h2-5,7-9,11,20,23H,6,10,12-17H2,1H3,(H,25,27). The van der Waals surface area contributed by atoms with Gasteiger partial charge in [0.2, 0.25) is 15.9 Å².